The fraction of sp³-hybridized carbons (Fsp3) is 0.320. The van der Waals surface area contributed by atoms with Crippen molar-refractivity contribution in [2.45, 2.75) is 37.9 Å². The number of fused-ring (bicyclic) bond motifs is 1. The summed E-state index contributed by atoms with van der Waals surface area (Å²) in [5.41, 5.74) is 1.60. The van der Waals surface area contributed by atoms with Crippen molar-refractivity contribution in [1.29, 1.82) is 0 Å². The van der Waals surface area contributed by atoms with E-state index in [4.69, 9.17) is 9.47 Å². The number of carbonyl (C=O) groups is 3. The summed E-state index contributed by atoms with van der Waals surface area (Å²) >= 11 is 0. The molecule has 1 saturated heterocycles. The van der Waals surface area contributed by atoms with E-state index in [2.05, 4.69) is 0 Å². The van der Waals surface area contributed by atoms with Crippen LogP contribution in [-0.2, 0) is 25.5 Å². The first-order chi connectivity index (χ1) is 14.6. The second-order valence-corrected chi connectivity index (χ2v) is 7.83. The Kier molecular flexibility index (Phi) is 6.07. The lowest BCUT2D eigenvalue weighted by Crippen LogP contribution is -2.25. The van der Waals surface area contributed by atoms with Gasteiger partial charge in [-0.05, 0) is 30.2 Å². The summed E-state index contributed by atoms with van der Waals surface area (Å²) < 4.78 is 11.1. The molecule has 154 valence electrons. The van der Waals surface area contributed by atoms with Crippen LogP contribution in [0.15, 0.2) is 72.8 Å². The van der Waals surface area contributed by atoms with Crippen LogP contribution in [0.5, 0.6) is 0 Å². The van der Waals surface area contributed by atoms with Crippen molar-refractivity contribution in [1.82, 2.24) is 0 Å². The molecule has 30 heavy (non-hydrogen) atoms. The van der Waals surface area contributed by atoms with Gasteiger partial charge in [0.2, 0.25) is 0 Å². The fourth-order valence-corrected chi connectivity index (χ4v) is 4.28. The van der Waals surface area contributed by atoms with Gasteiger partial charge in [-0.1, -0.05) is 54.6 Å². The average molecular weight is 404 g/mol. The smallest absolute Gasteiger partial charge is 0.338 e. The molecular weight excluding hydrogens is 380 g/mol. The summed E-state index contributed by atoms with van der Waals surface area (Å²) in [5, 5.41) is 0. The Balaban J connectivity index is 1.42. The maximum absolute atomic E-state index is 12.5. The molecule has 0 amide bonds. The number of ether oxygens (including phenoxy) is 2. The highest BCUT2D eigenvalue weighted by Crippen LogP contribution is 2.43. The lowest BCUT2D eigenvalue weighted by atomic mass is 9.91. The molecule has 0 N–H and O–H groups in total. The molecule has 5 nitrogen and oxygen atoms in total. The number of hydrogen-bond donors (Lipinski definition) is 0. The minimum absolute atomic E-state index is 0.0145. The van der Waals surface area contributed by atoms with E-state index in [0.29, 0.717) is 24.8 Å². The zero-order valence-corrected chi connectivity index (χ0v) is 16.6. The second-order valence-electron chi connectivity index (χ2n) is 7.83. The standard InChI is InChI=1S/C25H24O5/c26-19(12-11-17-7-3-1-4-8-17)13-14-20-21-15-24(27)29-23(21)16-22(20)30-25(28)18-9-5-2-6-10-18/h1-10,13-14,20-23H,11-12,15-16H2/t20-,21+,22-,23-/m1/s1. The monoisotopic (exact) mass is 404 g/mol. The molecule has 0 aromatic heterocycles. The highest BCUT2D eigenvalue weighted by molar-refractivity contribution is 5.90. The lowest BCUT2D eigenvalue weighted by Gasteiger charge is -2.20. The predicted octanol–water partition coefficient (Wildman–Crippen LogP) is 3.92. The van der Waals surface area contributed by atoms with Gasteiger partial charge < -0.3 is 9.47 Å². The maximum atomic E-state index is 12.5. The molecule has 1 saturated carbocycles. The van der Waals surface area contributed by atoms with Gasteiger partial charge in [0.15, 0.2) is 5.78 Å². The Morgan fingerprint density at radius 2 is 1.73 bits per heavy atom. The number of esters is 2. The maximum Gasteiger partial charge on any atom is 0.338 e. The molecule has 4 atom stereocenters. The molecule has 0 bridgehead atoms. The van der Waals surface area contributed by atoms with Crippen LogP contribution in [0.25, 0.3) is 0 Å². The van der Waals surface area contributed by atoms with Crippen molar-refractivity contribution in [3.63, 3.8) is 0 Å². The van der Waals surface area contributed by atoms with Gasteiger partial charge >= 0.3 is 11.9 Å². The van der Waals surface area contributed by atoms with Crippen LogP contribution >= 0.6 is 0 Å². The third-order valence-corrected chi connectivity index (χ3v) is 5.83. The number of allylic oxidation sites excluding steroid dienone is 1. The minimum Gasteiger partial charge on any atom is -0.462 e. The molecule has 4 rings (SSSR count). The van der Waals surface area contributed by atoms with Crippen LogP contribution in [0, 0.1) is 11.8 Å². The first-order valence-corrected chi connectivity index (χ1v) is 10.3. The molecule has 1 aliphatic heterocycles. The van der Waals surface area contributed by atoms with Crippen molar-refractivity contribution in [2.75, 3.05) is 0 Å². The van der Waals surface area contributed by atoms with Crippen LogP contribution in [0.2, 0.25) is 0 Å². The number of rotatable bonds is 7. The normalized spacial score (nSPS) is 25.1. The van der Waals surface area contributed by atoms with Crippen molar-refractivity contribution >= 4 is 17.7 Å². The molecule has 5 heteroatoms. The molecular formula is C25H24O5. The van der Waals surface area contributed by atoms with E-state index in [1.54, 1.807) is 30.3 Å². The first kappa shape index (κ1) is 20.1. The molecule has 1 heterocycles. The molecule has 2 fully saturated rings. The molecule has 0 radical (unpaired) electrons. The molecule has 2 aromatic rings. The van der Waals surface area contributed by atoms with Crippen molar-refractivity contribution < 1.29 is 23.9 Å². The fourth-order valence-electron chi connectivity index (χ4n) is 4.28. The third kappa shape index (κ3) is 4.67. The summed E-state index contributed by atoms with van der Waals surface area (Å²) in [7, 11) is 0. The Morgan fingerprint density at radius 1 is 1.03 bits per heavy atom. The van der Waals surface area contributed by atoms with E-state index in [-0.39, 0.29) is 36.1 Å². The first-order valence-electron chi connectivity index (χ1n) is 10.3. The third-order valence-electron chi connectivity index (χ3n) is 5.83. The highest BCUT2D eigenvalue weighted by Gasteiger charge is 2.50. The Morgan fingerprint density at radius 3 is 2.47 bits per heavy atom. The summed E-state index contributed by atoms with van der Waals surface area (Å²) in [6, 6.07) is 18.7. The van der Waals surface area contributed by atoms with E-state index in [1.807, 2.05) is 42.5 Å². The van der Waals surface area contributed by atoms with E-state index in [0.717, 1.165) is 5.56 Å². The molecule has 1 aliphatic carbocycles. The number of hydrogen-bond acceptors (Lipinski definition) is 5. The van der Waals surface area contributed by atoms with Crippen LogP contribution in [0.1, 0.15) is 35.2 Å². The van der Waals surface area contributed by atoms with Gasteiger partial charge in [-0.25, -0.2) is 4.79 Å². The van der Waals surface area contributed by atoms with Crippen molar-refractivity contribution in [3.05, 3.63) is 83.9 Å². The number of aryl methyl sites for hydroxylation is 1. The van der Waals surface area contributed by atoms with E-state index in [1.165, 1.54) is 0 Å². The molecule has 0 unspecified atom stereocenters. The highest BCUT2D eigenvalue weighted by atomic mass is 16.6. The predicted molar refractivity (Wildman–Crippen MR) is 111 cm³/mol. The van der Waals surface area contributed by atoms with Gasteiger partial charge in [0.25, 0.3) is 0 Å². The summed E-state index contributed by atoms with van der Waals surface area (Å²) in [6.45, 7) is 0. The SMILES string of the molecule is O=C(C=C[C@@H]1[C@@H]2CC(=O)O[C@@H]2C[C@H]1OC(=O)c1ccccc1)CCc1ccccc1. The number of benzene rings is 2. The van der Waals surface area contributed by atoms with E-state index < -0.39 is 12.1 Å². The quantitative estimate of drug-likeness (QED) is 0.517. The van der Waals surface area contributed by atoms with E-state index in [9.17, 15) is 14.4 Å². The topological polar surface area (TPSA) is 69.7 Å². The zero-order valence-electron chi connectivity index (χ0n) is 16.6. The molecule has 2 aromatic carbocycles. The lowest BCUT2D eigenvalue weighted by molar-refractivity contribution is -0.141. The van der Waals surface area contributed by atoms with Gasteiger partial charge in [-0.15, -0.1) is 0 Å². The van der Waals surface area contributed by atoms with Crippen molar-refractivity contribution in [2.24, 2.45) is 11.8 Å². The van der Waals surface area contributed by atoms with Gasteiger partial charge in [0.05, 0.1) is 12.0 Å². The number of ketones is 1. The molecule has 2 aliphatic rings. The Hall–Kier alpha value is -3.21. The Labute approximate surface area is 175 Å². The van der Waals surface area contributed by atoms with Gasteiger partial charge in [-0.3, -0.25) is 9.59 Å². The van der Waals surface area contributed by atoms with E-state index >= 15 is 0 Å². The summed E-state index contributed by atoms with van der Waals surface area (Å²) in [6.07, 6.45) is 4.53. The van der Waals surface area contributed by atoms with Gasteiger partial charge in [-0.2, -0.15) is 0 Å². The zero-order chi connectivity index (χ0) is 20.9. The largest absolute Gasteiger partial charge is 0.462 e. The Bertz CT molecular complexity index is 935. The minimum atomic E-state index is -0.418. The van der Waals surface area contributed by atoms with Crippen molar-refractivity contribution in [3.8, 4) is 0 Å². The average Bonchev–Trinajstić information content (AvgIpc) is 3.27. The van der Waals surface area contributed by atoms with Crippen LogP contribution in [-0.4, -0.2) is 29.9 Å². The van der Waals surface area contributed by atoms with Crippen LogP contribution in [0.4, 0.5) is 0 Å². The summed E-state index contributed by atoms with van der Waals surface area (Å²) in [5.74, 6) is -0.896. The van der Waals surface area contributed by atoms with Gasteiger partial charge in [0.1, 0.15) is 12.2 Å². The van der Waals surface area contributed by atoms with Crippen LogP contribution in [0.3, 0.4) is 0 Å². The number of carbonyl (C=O) groups excluding carboxylic acids is 3. The summed E-state index contributed by atoms with van der Waals surface area (Å²) in [4.78, 5) is 36.6. The van der Waals surface area contributed by atoms with Gasteiger partial charge in [0, 0.05) is 24.7 Å². The van der Waals surface area contributed by atoms with Crippen LogP contribution < -0.4 is 0 Å². The second kappa shape index (κ2) is 9.08. The molecule has 0 spiro atoms.